The summed E-state index contributed by atoms with van der Waals surface area (Å²) in [6.07, 6.45) is 7.03. The minimum Gasteiger partial charge on any atom is -0.472 e. The molecule has 1 fully saturated rings. The molecule has 1 aliphatic rings. The fourth-order valence-corrected chi connectivity index (χ4v) is 3.91. The van der Waals surface area contributed by atoms with Gasteiger partial charge in [-0.05, 0) is 50.7 Å². The van der Waals surface area contributed by atoms with Crippen LogP contribution in [0.25, 0.3) is 0 Å². The first kappa shape index (κ1) is 19.2. The second kappa shape index (κ2) is 8.89. The van der Waals surface area contributed by atoms with Crippen LogP contribution >= 0.6 is 0 Å². The molecular weight excluding hydrogens is 342 g/mol. The van der Waals surface area contributed by atoms with E-state index in [0.717, 1.165) is 32.1 Å². The number of piperidine rings is 1. The molecule has 0 bridgehead atoms. The number of furan rings is 1. The third-order valence-corrected chi connectivity index (χ3v) is 5.30. The molecule has 27 heavy (non-hydrogen) atoms. The Morgan fingerprint density at radius 2 is 2.04 bits per heavy atom. The Kier molecular flexibility index (Phi) is 6.32. The van der Waals surface area contributed by atoms with Gasteiger partial charge in [0.15, 0.2) is 0 Å². The molecule has 144 valence electrons. The number of likely N-dealkylation sites (tertiary alicyclic amines) is 1. The number of nitrogens with zero attached hydrogens (tertiary/aromatic N) is 1. The average molecular weight is 369 g/mol. The smallest absolute Gasteiger partial charge is 0.313 e. The number of aryl methyl sites for hydroxylation is 1. The highest BCUT2D eigenvalue weighted by Crippen LogP contribution is 2.37. The molecule has 1 aromatic carbocycles. The van der Waals surface area contributed by atoms with Crippen LogP contribution in [0.1, 0.15) is 48.5 Å². The van der Waals surface area contributed by atoms with E-state index in [1.165, 1.54) is 18.1 Å². The van der Waals surface area contributed by atoms with E-state index in [9.17, 15) is 9.59 Å². The van der Waals surface area contributed by atoms with Crippen molar-refractivity contribution < 1.29 is 18.7 Å². The van der Waals surface area contributed by atoms with Crippen LogP contribution in [0.3, 0.4) is 0 Å². The monoisotopic (exact) mass is 369 g/mol. The Hall–Kier alpha value is -2.56. The van der Waals surface area contributed by atoms with Crippen molar-refractivity contribution in [1.29, 1.82) is 0 Å². The van der Waals surface area contributed by atoms with E-state index in [1.54, 1.807) is 11.0 Å². The van der Waals surface area contributed by atoms with Crippen LogP contribution in [0, 0.1) is 5.41 Å². The lowest BCUT2D eigenvalue weighted by Crippen LogP contribution is -2.50. The molecule has 1 aromatic heterocycles. The van der Waals surface area contributed by atoms with Crippen molar-refractivity contribution in [2.45, 2.75) is 39.0 Å². The molecule has 0 aliphatic carbocycles. The van der Waals surface area contributed by atoms with Crippen LogP contribution in [0.2, 0.25) is 0 Å². The number of hydrogen-bond acceptors (Lipinski definition) is 4. The van der Waals surface area contributed by atoms with Gasteiger partial charge in [0.1, 0.15) is 6.26 Å². The Morgan fingerprint density at radius 1 is 1.22 bits per heavy atom. The minimum absolute atomic E-state index is 0.0832. The summed E-state index contributed by atoms with van der Waals surface area (Å²) < 4.78 is 10.5. The van der Waals surface area contributed by atoms with Crippen molar-refractivity contribution in [2.24, 2.45) is 5.41 Å². The number of benzene rings is 1. The number of rotatable bonds is 7. The first-order valence-electron chi connectivity index (χ1n) is 9.67. The quantitative estimate of drug-likeness (QED) is 0.690. The SMILES string of the molecule is CCOC(=O)[C@]1(CCCc2ccccc2)CCCN(C(=O)c2ccoc2)C1. The lowest BCUT2D eigenvalue weighted by molar-refractivity contribution is -0.159. The fraction of sp³-hybridized carbons (Fsp3) is 0.455. The molecule has 1 saturated heterocycles. The number of carbonyl (C=O) groups excluding carboxylic acids is 2. The van der Waals surface area contributed by atoms with E-state index in [2.05, 4.69) is 12.1 Å². The summed E-state index contributed by atoms with van der Waals surface area (Å²) in [6, 6.07) is 11.9. The second-order valence-electron chi connectivity index (χ2n) is 7.18. The maximum absolute atomic E-state index is 12.8. The molecule has 0 N–H and O–H groups in total. The molecule has 0 unspecified atom stereocenters. The van der Waals surface area contributed by atoms with E-state index in [-0.39, 0.29) is 11.9 Å². The molecule has 2 heterocycles. The average Bonchev–Trinajstić information content (AvgIpc) is 3.23. The Morgan fingerprint density at radius 3 is 2.74 bits per heavy atom. The van der Waals surface area contributed by atoms with Gasteiger partial charge in [0.25, 0.3) is 5.91 Å². The van der Waals surface area contributed by atoms with Crippen LogP contribution in [0.15, 0.2) is 53.3 Å². The zero-order chi connectivity index (χ0) is 19.1. The van der Waals surface area contributed by atoms with Crippen molar-refractivity contribution in [3.05, 3.63) is 60.1 Å². The van der Waals surface area contributed by atoms with Crippen molar-refractivity contribution in [2.75, 3.05) is 19.7 Å². The molecule has 0 saturated carbocycles. The number of ether oxygens (including phenoxy) is 1. The summed E-state index contributed by atoms with van der Waals surface area (Å²) in [4.78, 5) is 27.3. The van der Waals surface area contributed by atoms with Gasteiger partial charge in [-0.3, -0.25) is 9.59 Å². The van der Waals surface area contributed by atoms with Gasteiger partial charge in [0.05, 0.1) is 23.8 Å². The summed E-state index contributed by atoms with van der Waals surface area (Å²) >= 11 is 0. The molecule has 5 nitrogen and oxygen atoms in total. The van der Waals surface area contributed by atoms with Crippen LogP contribution in [0.5, 0.6) is 0 Å². The minimum atomic E-state index is -0.623. The number of esters is 1. The number of carbonyl (C=O) groups is 2. The largest absolute Gasteiger partial charge is 0.472 e. The Labute approximate surface area is 160 Å². The van der Waals surface area contributed by atoms with Gasteiger partial charge in [0, 0.05) is 13.1 Å². The van der Waals surface area contributed by atoms with E-state index in [4.69, 9.17) is 9.15 Å². The van der Waals surface area contributed by atoms with E-state index in [0.29, 0.717) is 25.3 Å². The third kappa shape index (κ3) is 4.59. The molecule has 3 rings (SSSR count). The summed E-state index contributed by atoms with van der Waals surface area (Å²) in [5.41, 5.74) is 1.17. The molecule has 1 aliphatic heterocycles. The highest BCUT2D eigenvalue weighted by atomic mass is 16.5. The van der Waals surface area contributed by atoms with Gasteiger partial charge in [-0.2, -0.15) is 0 Å². The number of hydrogen-bond donors (Lipinski definition) is 0. The van der Waals surface area contributed by atoms with Crippen LogP contribution < -0.4 is 0 Å². The van der Waals surface area contributed by atoms with E-state index >= 15 is 0 Å². The summed E-state index contributed by atoms with van der Waals surface area (Å²) in [5, 5.41) is 0. The van der Waals surface area contributed by atoms with Crippen LogP contribution in [0.4, 0.5) is 0 Å². The van der Waals surface area contributed by atoms with Crippen molar-refractivity contribution in [3.8, 4) is 0 Å². The molecule has 0 spiro atoms. The van der Waals surface area contributed by atoms with Gasteiger partial charge in [-0.25, -0.2) is 0 Å². The first-order chi connectivity index (χ1) is 13.1. The predicted molar refractivity (Wildman–Crippen MR) is 102 cm³/mol. The van der Waals surface area contributed by atoms with Crippen molar-refractivity contribution >= 4 is 11.9 Å². The van der Waals surface area contributed by atoms with Crippen LogP contribution in [-0.2, 0) is 16.0 Å². The molecule has 5 heteroatoms. The van der Waals surface area contributed by atoms with Crippen LogP contribution in [-0.4, -0.2) is 36.5 Å². The maximum Gasteiger partial charge on any atom is 0.313 e. The number of amides is 1. The van der Waals surface area contributed by atoms with Gasteiger partial charge in [-0.15, -0.1) is 0 Å². The summed E-state index contributed by atoms with van der Waals surface area (Å²) in [7, 11) is 0. The van der Waals surface area contributed by atoms with Gasteiger partial charge in [0.2, 0.25) is 0 Å². The maximum atomic E-state index is 12.8. The van der Waals surface area contributed by atoms with Gasteiger partial charge >= 0.3 is 5.97 Å². The third-order valence-electron chi connectivity index (χ3n) is 5.30. The molecule has 1 atom stereocenters. The Balaban J connectivity index is 1.71. The fourth-order valence-electron chi connectivity index (χ4n) is 3.91. The molecular formula is C22H27NO4. The standard InChI is InChI=1S/C22H27NO4/c1-2-27-21(25)22(12-6-10-18-8-4-3-5-9-18)13-7-14-23(17-22)20(24)19-11-15-26-16-19/h3-5,8-9,11,15-16H,2,6-7,10,12-14,17H2,1H3/t22-/m1/s1. The summed E-state index contributed by atoms with van der Waals surface area (Å²) in [5.74, 6) is -0.261. The normalized spacial score (nSPS) is 19.7. The van der Waals surface area contributed by atoms with Crippen molar-refractivity contribution in [1.82, 2.24) is 4.90 Å². The second-order valence-corrected chi connectivity index (χ2v) is 7.18. The first-order valence-corrected chi connectivity index (χ1v) is 9.67. The zero-order valence-electron chi connectivity index (χ0n) is 15.9. The van der Waals surface area contributed by atoms with Gasteiger partial charge < -0.3 is 14.1 Å². The van der Waals surface area contributed by atoms with Crippen molar-refractivity contribution in [3.63, 3.8) is 0 Å². The van der Waals surface area contributed by atoms with E-state index < -0.39 is 5.41 Å². The highest BCUT2D eigenvalue weighted by molar-refractivity contribution is 5.94. The lowest BCUT2D eigenvalue weighted by Gasteiger charge is -2.41. The molecule has 0 radical (unpaired) electrons. The highest BCUT2D eigenvalue weighted by Gasteiger charge is 2.44. The molecule has 1 amide bonds. The zero-order valence-corrected chi connectivity index (χ0v) is 15.9. The van der Waals surface area contributed by atoms with E-state index in [1.807, 2.05) is 25.1 Å². The van der Waals surface area contributed by atoms with Gasteiger partial charge in [-0.1, -0.05) is 30.3 Å². The molecule has 2 aromatic rings. The summed E-state index contributed by atoms with van der Waals surface area (Å²) in [6.45, 7) is 3.25. The predicted octanol–water partition coefficient (Wildman–Crippen LogP) is 4.09. The Bertz CT molecular complexity index is 741. The lowest BCUT2D eigenvalue weighted by atomic mass is 9.75. The topological polar surface area (TPSA) is 59.8 Å².